The lowest BCUT2D eigenvalue weighted by atomic mass is 9.97. The Morgan fingerprint density at radius 1 is 1.20 bits per heavy atom. The number of nitrogens with one attached hydrogen (secondary N) is 1. The topological polar surface area (TPSA) is 73.9 Å². The zero-order valence-electron chi connectivity index (χ0n) is 14.9. The smallest absolute Gasteiger partial charge is 0.337 e. The summed E-state index contributed by atoms with van der Waals surface area (Å²) < 4.78 is 11.6. The van der Waals surface area contributed by atoms with E-state index in [9.17, 15) is 9.59 Å². The maximum absolute atomic E-state index is 12.4. The SMILES string of the molecule is CCC(C(=O)ONC(=O)c1ccccc1)[C@@H](CC)OC1CCCCO1. The highest BCUT2D eigenvalue weighted by atomic mass is 16.7. The highest BCUT2D eigenvalue weighted by molar-refractivity contribution is 5.94. The van der Waals surface area contributed by atoms with Crippen LogP contribution in [0.25, 0.3) is 0 Å². The van der Waals surface area contributed by atoms with Crippen LogP contribution < -0.4 is 5.48 Å². The molecule has 1 heterocycles. The number of carbonyl (C=O) groups excluding carboxylic acids is 2. The van der Waals surface area contributed by atoms with Crippen LogP contribution in [0.15, 0.2) is 30.3 Å². The van der Waals surface area contributed by atoms with Crippen molar-refractivity contribution < 1.29 is 23.9 Å². The van der Waals surface area contributed by atoms with Gasteiger partial charge in [0.15, 0.2) is 6.29 Å². The Kier molecular flexibility index (Phi) is 7.88. The fourth-order valence-corrected chi connectivity index (χ4v) is 2.89. The van der Waals surface area contributed by atoms with Gasteiger partial charge in [-0.1, -0.05) is 32.0 Å². The molecular weight excluding hydrogens is 322 g/mol. The minimum atomic E-state index is -0.491. The van der Waals surface area contributed by atoms with Gasteiger partial charge in [0, 0.05) is 12.2 Å². The Morgan fingerprint density at radius 3 is 2.56 bits per heavy atom. The van der Waals surface area contributed by atoms with Gasteiger partial charge in [-0.2, -0.15) is 5.48 Å². The lowest BCUT2D eigenvalue weighted by molar-refractivity contribution is -0.205. The third kappa shape index (κ3) is 5.83. The van der Waals surface area contributed by atoms with Crippen LogP contribution >= 0.6 is 0 Å². The molecule has 1 aromatic carbocycles. The molecule has 25 heavy (non-hydrogen) atoms. The molecule has 1 aromatic rings. The molecule has 0 saturated carbocycles. The molecule has 2 unspecified atom stereocenters. The van der Waals surface area contributed by atoms with Crippen molar-refractivity contribution in [3.05, 3.63) is 35.9 Å². The van der Waals surface area contributed by atoms with E-state index in [-0.39, 0.29) is 12.4 Å². The number of hydrogen-bond acceptors (Lipinski definition) is 5. The van der Waals surface area contributed by atoms with Crippen molar-refractivity contribution in [3.63, 3.8) is 0 Å². The summed E-state index contributed by atoms with van der Waals surface area (Å²) in [5.74, 6) is -1.39. The normalized spacial score (nSPS) is 19.7. The summed E-state index contributed by atoms with van der Waals surface area (Å²) in [7, 11) is 0. The van der Waals surface area contributed by atoms with Crippen LogP contribution in [0.1, 0.15) is 56.3 Å². The number of hydroxylamine groups is 1. The highest BCUT2D eigenvalue weighted by Crippen LogP contribution is 2.23. The second-order valence-corrected chi connectivity index (χ2v) is 6.11. The second-order valence-electron chi connectivity index (χ2n) is 6.11. The molecule has 0 bridgehead atoms. The Hall–Kier alpha value is -1.92. The number of benzene rings is 1. The quantitative estimate of drug-likeness (QED) is 0.765. The van der Waals surface area contributed by atoms with Gasteiger partial charge in [0.25, 0.3) is 5.91 Å². The van der Waals surface area contributed by atoms with E-state index >= 15 is 0 Å². The zero-order valence-corrected chi connectivity index (χ0v) is 14.9. The predicted molar refractivity (Wildman–Crippen MR) is 92.5 cm³/mol. The molecule has 138 valence electrons. The van der Waals surface area contributed by atoms with Crippen molar-refractivity contribution in [1.82, 2.24) is 5.48 Å². The fraction of sp³-hybridized carbons (Fsp3) is 0.579. The van der Waals surface area contributed by atoms with E-state index in [2.05, 4.69) is 5.48 Å². The van der Waals surface area contributed by atoms with Crippen molar-refractivity contribution >= 4 is 11.9 Å². The van der Waals surface area contributed by atoms with E-state index in [0.717, 1.165) is 19.3 Å². The van der Waals surface area contributed by atoms with Crippen LogP contribution in [0.5, 0.6) is 0 Å². The first-order chi connectivity index (χ1) is 12.2. The van der Waals surface area contributed by atoms with Gasteiger partial charge >= 0.3 is 5.97 Å². The maximum Gasteiger partial charge on any atom is 0.337 e. The first-order valence-electron chi connectivity index (χ1n) is 8.98. The fourth-order valence-electron chi connectivity index (χ4n) is 2.89. The minimum absolute atomic E-state index is 0.264. The molecule has 2 rings (SSSR count). The third-order valence-corrected chi connectivity index (χ3v) is 4.34. The summed E-state index contributed by atoms with van der Waals surface area (Å²) in [4.78, 5) is 29.4. The van der Waals surface area contributed by atoms with Crippen molar-refractivity contribution in [2.45, 2.75) is 58.3 Å². The van der Waals surface area contributed by atoms with Crippen LogP contribution in [0.3, 0.4) is 0 Å². The van der Waals surface area contributed by atoms with E-state index in [4.69, 9.17) is 14.3 Å². The molecule has 0 radical (unpaired) electrons. The van der Waals surface area contributed by atoms with Crippen molar-refractivity contribution in [1.29, 1.82) is 0 Å². The molecule has 6 heteroatoms. The molecular formula is C19H27NO5. The highest BCUT2D eigenvalue weighted by Gasteiger charge is 2.31. The van der Waals surface area contributed by atoms with Gasteiger partial charge in [-0.05, 0) is 44.2 Å². The van der Waals surface area contributed by atoms with Gasteiger partial charge in [-0.3, -0.25) is 4.79 Å². The predicted octanol–water partition coefficient (Wildman–Crippen LogP) is 3.22. The van der Waals surface area contributed by atoms with Gasteiger partial charge in [-0.25, -0.2) is 4.79 Å². The number of hydrogen-bond donors (Lipinski definition) is 1. The van der Waals surface area contributed by atoms with E-state index in [1.54, 1.807) is 24.3 Å². The summed E-state index contributed by atoms with van der Waals surface area (Å²) in [5, 5.41) is 0. The number of carbonyl (C=O) groups is 2. The van der Waals surface area contributed by atoms with E-state index < -0.39 is 17.8 Å². The van der Waals surface area contributed by atoms with Gasteiger partial charge < -0.3 is 14.3 Å². The maximum atomic E-state index is 12.4. The average molecular weight is 349 g/mol. The Labute approximate surface area is 148 Å². The Balaban J connectivity index is 1.88. The van der Waals surface area contributed by atoms with Crippen LogP contribution in [0.4, 0.5) is 0 Å². The molecule has 1 aliphatic heterocycles. The van der Waals surface area contributed by atoms with Gasteiger partial charge in [-0.15, -0.1) is 0 Å². The molecule has 1 aliphatic rings. The molecule has 1 saturated heterocycles. The lowest BCUT2D eigenvalue weighted by Crippen LogP contribution is -2.39. The molecule has 1 fully saturated rings. The molecule has 1 amide bonds. The summed E-state index contributed by atoms with van der Waals surface area (Å²) in [6.45, 7) is 4.56. The standard InChI is InChI=1S/C19H27NO5/c1-3-15(16(4-2)24-17-12-8-9-13-23-17)19(22)25-20-18(21)14-10-6-5-7-11-14/h5-7,10-11,15-17H,3-4,8-9,12-13H2,1-2H3,(H,20,21)/t15?,16-,17?/m1/s1. The van der Waals surface area contributed by atoms with Crippen molar-refractivity contribution in [3.8, 4) is 0 Å². The van der Waals surface area contributed by atoms with Gasteiger partial charge in [0.1, 0.15) is 0 Å². The van der Waals surface area contributed by atoms with Crippen molar-refractivity contribution in [2.24, 2.45) is 5.92 Å². The summed E-state index contributed by atoms with van der Waals surface area (Å²) in [6.07, 6.45) is 3.61. The first-order valence-corrected chi connectivity index (χ1v) is 8.98. The van der Waals surface area contributed by atoms with Crippen LogP contribution in [-0.4, -0.2) is 30.9 Å². The van der Waals surface area contributed by atoms with Crippen LogP contribution in [0.2, 0.25) is 0 Å². The van der Waals surface area contributed by atoms with E-state index in [1.807, 2.05) is 19.9 Å². The lowest BCUT2D eigenvalue weighted by Gasteiger charge is -2.30. The second kappa shape index (κ2) is 10.2. The number of ether oxygens (including phenoxy) is 2. The van der Waals surface area contributed by atoms with Crippen LogP contribution in [0, 0.1) is 5.92 Å². The minimum Gasteiger partial charge on any atom is -0.353 e. The number of amides is 1. The zero-order chi connectivity index (χ0) is 18.1. The largest absolute Gasteiger partial charge is 0.353 e. The average Bonchev–Trinajstić information content (AvgIpc) is 2.67. The molecule has 1 N–H and O–H groups in total. The monoisotopic (exact) mass is 349 g/mol. The molecule has 3 atom stereocenters. The molecule has 0 spiro atoms. The van der Waals surface area contributed by atoms with E-state index in [1.165, 1.54) is 0 Å². The molecule has 0 aliphatic carbocycles. The first kappa shape index (κ1) is 19.4. The molecule has 0 aromatic heterocycles. The number of rotatable bonds is 7. The summed E-state index contributed by atoms with van der Waals surface area (Å²) in [5.41, 5.74) is 2.65. The van der Waals surface area contributed by atoms with E-state index in [0.29, 0.717) is 25.0 Å². The Morgan fingerprint density at radius 2 is 1.96 bits per heavy atom. The Bertz CT molecular complexity index is 542. The van der Waals surface area contributed by atoms with Crippen LogP contribution in [-0.2, 0) is 19.1 Å². The molecule has 6 nitrogen and oxygen atoms in total. The van der Waals surface area contributed by atoms with Gasteiger partial charge in [0.05, 0.1) is 12.0 Å². The van der Waals surface area contributed by atoms with Crippen molar-refractivity contribution in [2.75, 3.05) is 6.61 Å². The third-order valence-electron chi connectivity index (χ3n) is 4.34. The summed E-state index contributed by atoms with van der Waals surface area (Å²) in [6, 6.07) is 8.61. The summed E-state index contributed by atoms with van der Waals surface area (Å²) >= 11 is 0. The van der Waals surface area contributed by atoms with Gasteiger partial charge in [0.2, 0.25) is 0 Å².